The van der Waals surface area contributed by atoms with Gasteiger partial charge in [-0.05, 0) is 18.4 Å². The van der Waals surface area contributed by atoms with Crippen LogP contribution in [0.3, 0.4) is 0 Å². The van der Waals surface area contributed by atoms with Crippen LogP contribution in [0.5, 0.6) is 0 Å². The van der Waals surface area contributed by atoms with Gasteiger partial charge in [0.2, 0.25) is 5.91 Å². The average molecular weight is 274 g/mol. The van der Waals surface area contributed by atoms with E-state index in [9.17, 15) is 15.2 Å². The molecular formula is C16H22N2O2. The van der Waals surface area contributed by atoms with E-state index in [0.717, 1.165) is 5.56 Å². The molecule has 0 aliphatic heterocycles. The lowest BCUT2D eigenvalue weighted by molar-refractivity contribution is -0.140. The fraction of sp³-hybridized carbons (Fsp3) is 0.500. The van der Waals surface area contributed by atoms with Crippen LogP contribution in [-0.4, -0.2) is 29.1 Å². The highest BCUT2D eigenvalue weighted by atomic mass is 16.3. The Morgan fingerprint density at radius 2 is 1.90 bits per heavy atom. The second-order valence-corrected chi connectivity index (χ2v) is 4.84. The number of hydrogen-bond acceptors (Lipinski definition) is 3. The smallest absolute Gasteiger partial charge is 0.243 e. The zero-order valence-electron chi connectivity index (χ0n) is 12.2. The van der Waals surface area contributed by atoms with Crippen molar-refractivity contribution in [3.8, 4) is 6.07 Å². The molecule has 0 saturated carbocycles. The molecule has 1 aromatic carbocycles. The third-order valence-electron chi connectivity index (χ3n) is 3.70. The van der Waals surface area contributed by atoms with Crippen molar-refractivity contribution >= 4 is 5.91 Å². The summed E-state index contributed by atoms with van der Waals surface area (Å²) in [5.41, 5.74) is 0.0116. The highest BCUT2D eigenvalue weighted by Gasteiger charge is 2.38. The summed E-state index contributed by atoms with van der Waals surface area (Å²) in [5.74, 6) is -0.192. The molecular weight excluding hydrogens is 252 g/mol. The van der Waals surface area contributed by atoms with E-state index in [1.807, 2.05) is 44.2 Å². The molecule has 0 bridgehead atoms. The van der Waals surface area contributed by atoms with Crippen LogP contribution in [0.4, 0.5) is 0 Å². The first kappa shape index (κ1) is 16.2. The van der Waals surface area contributed by atoms with Crippen molar-refractivity contribution in [2.45, 2.75) is 33.2 Å². The highest BCUT2D eigenvalue weighted by Crippen LogP contribution is 2.28. The Morgan fingerprint density at radius 1 is 1.30 bits per heavy atom. The van der Waals surface area contributed by atoms with Gasteiger partial charge in [-0.2, -0.15) is 5.26 Å². The molecule has 0 heterocycles. The van der Waals surface area contributed by atoms with Gasteiger partial charge in [0.15, 0.2) is 0 Å². The summed E-state index contributed by atoms with van der Waals surface area (Å²) in [7, 11) is 0. The molecule has 0 unspecified atom stereocenters. The van der Waals surface area contributed by atoms with Gasteiger partial charge in [0.05, 0.1) is 12.7 Å². The van der Waals surface area contributed by atoms with E-state index in [4.69, 9.17) is 0 Å². The van der Waals surface area contributed by atoms with E-state index >= 15 is 0 Å². The first-order valence-corrected chi connectivity index (χ1v) is 6.99. The molecule has 0 aliphatic rings. The van der Waals surface area contributed by atoms with Gasteiger partial charge in [-0.15, -0.1) is 0 Å². The van der Waals surface area contributed by atoms with Crippen LogP contribution in [0, 0.1) is 16.7 Å². The Morgan fingerprint density at radius 3 is 2.35 bits per heavy atom. The largest absolute Gasteiger partial charge is 0.395 e. The molecule has 0 aromatic heterocycles. The molecule has 0 radical (unpaired) electrons. The van der Waals surface area contributed by atoms with Crippen LogP contribution in [0.15, 0.2) is 30.3 Å². The van der Waals surface area contributed by atoms with Crippen LogP contribution in [-0.2, 0) is 11.3 Å². The van der Waals surface area contributed by atoms with Gasteiger partial charge >= 0.3 is 0 Å². The SMILES string of the molecule is CCC(C#N)(CC)C(=O)N(CCO)Cc1ccccc1. The quantitative estimate of drug-likeness (QED) is 0.830. The molecule has 0 fully saturated rings. The number of aliphatic hydroxyl groups excluding tert-OH is 1. The fourth-order valence-corrected chi connectivity index (χ4v) is 2.24. The summed E-state index contributed by atoms with van der Waals surface area (Å²) in [5, 5.41) is 18.5. The van der Waals surface area contributed by atoms with Gasteiger partial charge < -0.3 is 10.0 Å². The fourth-order valence-electron chi connectivity index (χ4n) is 2.24. The molecule has 0 spiro atoms. The molecule has 1 N–H and O–H groups in total. The third-order valence-corrected chi connectivity index (χ3v) is 3.70. The Balaban J connectivity index is 2.96. The zero-order chi connectivity index (χ0) is 15.0. The number of amides is 1. The summed E-state index contributed by atoms with van der Waals surface area (Å²) in [6, 6.07) is 11.8. The lowest BCUT2D eigenvalue weighted by Gasteiger charge is -2.31. The van der Waals surface area contributed by atoms with Crippen molar-refractivity contribution in [3.63, 3.8) is 0 Å². The Labute approximate surface area is 120 Å². The summed E-state index contributed by atoms with van der Waals surface area (Å²) in [6.07, 6.45) is 0.963. The van der Waals surface area contributed by atoms with Crippen LogP contribution in [0.2, 0.25) is 0 Å². The lowest BCUT2D eigenvalue weighted by Crippen LogP contribution is -2.43. The molecule has 108 valence electrons. The van der Waals surface area contributed by atoms with Crippen LogP contribution in [0.1, 0.15) is 32.3 Å². The summed E-state index contributed by atoms with van der Waals surface area (Å²) in [4.78, 5) is 14.2. The van der Waals surface area contributed by atoms with Gasteiger partial charge in [0, 0.05) is 13.1 Å². The Bertz CT molecular complexity index is 461. The number of carbonyl (C=O) groups is 1. The first-order valence-electron chi connectivity index (χ1n) is 6.99. The molecule has 0 saturated heterocycles. The molecule has 0 aliphatic carbocycles. The monoisotopic (exact) mass is 274 g/mol. The van der Waals surface area contributed by atoms with E-state index in [1.165, 1.54) is 0 Å². The Hall–Kier alpha value is -1.86. The lowest BCUT2D eigenvalue weighted by atomic mass is 9.82. The summed E-state index contributed by atoms with van der Waals surface area (Å²) in [6.45, 7) is 4.27. The molecule has 0 atom stereocenters. The number of benzene rings is 1. The van der Waals surface area contributed by atoms with Crippen molar-refractivity contribution in [2.75, 3.05) is 13.2 Å². The number of hydrogen-bond donors (Lipinski definition) is 1. The van der Waals surface area contributed by atoms with E-state index in [0.29, 0.717) is 19.4 Å². The number of aliphatic hydroxyl groups is 1. The predicted octanol–water partition coefficient (Wildman–Crippen LogP) is 2.34. The van der Waals surface area contributed by atoms with Crippen molar-refractivity contribution in [2.24, 2.45) is 5.41 Å². The average Bonchev–Trinajstić information content (AvgIpc) is 2.50. The van der Waals surface area contributed by atoms with E-state index in [2.05, 4.69) is 6.07 Å². The summed E-state index contributed by atoms with van der Waals surface area (Å²) >= 11 is 0. The van der Waals surface area contributed by atoms with Crippen molar-refractivity contribution in [3.05, 3.63) is 35.9 Å². The number of carbonyl (C=O) groups excluding carboxylic acids is 1. The van der Waals surface area contributed by atoms with Gasteiger partial charge in [-0.3, -0.25) is 4.79 Å². The van der Waals surface area contributed by atoms with E-state index in [-0.39, 0.29) is 19.1 Å². The van der Waals surface area contributed by atoms with Gasteiger partial charge in [-0.1, -0.05) is 44.2 Å². The minimum atomic E-state index is -0.982. The zero-order valence-corrected chi connectivity index (χ0v) is 12.2. The number of rotatable bonds is 7. The van der Waals surface area contributed by atoms with E-state index < -0.39 is 5.41 Å². The van der Waals surface area contributed by atoms with Gasteiger partial charge in [0.25, 0.3) is 0 Å². The van der Waals surface area contributed by atoms with Crippen molar-refractivity contribution in [1.82, 2.24) is 4.90 Å². The Kier molecular flexibility index (Phi) is 6.20. The normalized spacial score (nSPS) is 10.9. The molecule has 1 rings (SSSR count). The first-order chi connectivity index (χ1) is 9.63. The maximum absolute atomic E-state index is 12.6. The summed E-state index contributed by atoms with van der Waals surface area (Å²) < 4.78 is 0. The number of nitrogens with zero attached hydrogens (tertiary/aromatic N) is 2. The predicted molar refractivity (Wildman–Crippen MR) is 77.6 cm³/mol. The van der Waals surface area contributed by atoms with Crippen molar-refractivity contribution < 1.29 is 9.90 Å². The molecule has 1 amide bonds. The van der Waals surface area contributed by atoms with Gasteiger partial charge in [0.1, 0.15) is 5.41 Å². The van der Waals surface area contributed by atoms with Crippen molar-refractivity contribution in [1.29, 1.82) is 5.26 Å². The molecule has 4 nitrogen and oxygen atoms in total. The minimum absolute atomic E-state index is 0.104. The standard InChI is InChI=1S/C16H22N2O2/c1-3-16(4-2,13-17)15(20)18(10-11-19)12-14-8-6-5-7-9-14/h5-9,19H,3-4,10-12H2,1-2H3. The second-order valence-electron chi connectivity index (χ2n) is 4.84. The highest BCUT2D eigenvalue weighted by molar-refractivity contribution is 5.85. The van der Waals surface area contributed by atoms with Gasteiger partial charge in [-0.25, -0.2) is 0 Å². The topological polar surface area (TPSA) is 64.3 Å². The maximum Gasteiger partial charge on any atom is 0.243 e. The number of nitriles is 1. The minimum Gasteiger partial charge on any atom is -0.395 e. The maximum atomic E-state index is 12.6. The van der Waals surface area contributed by atoms with Crippen LogP contribution >= 0.6 is 0 Å². The van der Waals surface area contributed by atoms with Crippen LogP contribution in [0.25, 0.3) is 0 Å². The molecule has 4 heteroatoms. The molecule has 1 aromatic rings. The third kappa shape index (κ3) is 3.58. The van der Waals surface area contributed by atoms with Crippen LogP contribution < -0.4 is 0 Å². The molecule has 20 heavy (non-hydrogen) atoms. The van der Waals surface area contributed by atoms with E-state index in [1.54, 1.807) is 4.90 Å². The second kappa shape index (κ2) is 7.66.